The second-order valence-electron chi connectivity index (χ2n) is 7.44. The Balaban J connectivity index is 1.38. The van der Waals surface area contributed by atoms with E-state index >= 15 is 0 Å². The van der Waals surface area contributed by atoms with E-state index in [1.807, 2.05) is 23.8 Å². The van der Waals surface area contributed by atoms with Crippen LogP contribution in [0.25, 0.3) is 0 Å². The van der Waals surface area contributed by atoms with E-state index in [9.17, 15) is 9.90 Å². The Hall–Kier alpha value is -2.21. The largest absolute Gasteiger partial charge is 0.391 e. The molecule has 3 atom stereocenters. The molecule has 2 aromatic rings. The first-order valence-corrected chi connectivity index (χ1v) is 9.01. The predicted molar refractivity (Wildman–Crippen MR) is 93.2 cm³/mol. The number of aliphatic hydroxyl groups is 1. The molecule has 2 aromatic heterocycles. The lowest BCUT2D eigenvalue weighted by Crippen LogP contribution is -2.40. The molecule has 25 heavy (non-hydrogen) atoms. The van der Waals surface area contributed by atoms with Gasteiger partial charge in [-0.25, -0.2) is 4.98 Å². The van der Waals surface area contributed by atoms with E-state index in [4.69, 9.17) is 0 Å². The minimum absolute atomic E-state index is 0.139. The van der Waals surface area contributed by atoms with Gasteiger partial charge in [-0.15, -0.1) is 0 Å². The summed E-state index contributed by atoms with van der Waals surface area (Å²) in [5.41, 5.74) is 2.65. The highest BCUT2D eigenvalue weighted by Gasteiger charge is 2.34. The van der Waals surface area contributed by atoms with Crippen LogP contribution in [0, 0.1) is 12.8 Å². The third-order valence-electron chi connectivity index (χ3n) is 5.34. The van der Waals surface area contributed by atoms with Crippen molar-refractivity contribution in [3.8, 4) is 0 Å². The second-order valence-corrected chi connectivity index (χ2v) is 7.44. The molecule has 1 unspecified atom stereocenters. The molecule has 0 aromatic carbocycles. The minimum Gasteiger partial charge on any atom is -0.391 e. The Morgan fingerprint density at radius 1 is 1.40 bits per heavy atom. The summed E-state index contributed by atoms with van der Waals surface area (Å²) in [6, 6.07) is 1.82. The molecule has 0 spiro atoms. The van der Waals surface area contributed by atoms with Crippen LogP contribution in [-0.4, -0.2) is 37.7 Å². The lowest BCUT2D eigenvalue weighted by atomic mass is 10.1. The quantitative estimate of drug-likeness (QED) is 0.873. The highest BCUT2D eigenvalue weighted by atomic mass is 16.3. The van der Waals surface area contributed by atoms with Crippen molar-refractivity contribution in [1.29, 1.82) is 0 Å². The van der Waals surface area contributed by atoms with Crippen LogP contribution in [0.2, 0.25) is 0 Å². The van der Waals surface area contributed by atoms with Gasteiger partial charge < -0.3 is 15.0 Å². The fourth-order valence-electron chi connectivity index (χ4n) is 3.78. The lowest BCUT2D eigenvalue weighted by Gasteiger charge is -2.17. The first-order valence-electron chi connectivity index (χ1n) is 9.01. The van der Waals surface area contributed by atoms with Crippen LogP contribution < -0.4 is 5.32 Å². The van der Waals surface area contributed by atoms with Gasteiger partial charge in [0.05, 0.1) is 24.0 Å². The zero-order valence-electron chi connectivity index (χ0n) is 14.4. The molecule has 0 bridgehead atoms. The topological polar surface area (TPSA) is 80.0 Å². The van der Waals surface area contributed by atoms with Crippen molar-refractivity contribution >= 4 is 5.91 Å². The van der Waals surface area contributed by atoms with Gasteiger partial charge in [0.15, 0.2) is 0 Å². The number of nitrogens with one attached hydrogen (secondary N) is 1. The summed E-state index contributed by atoms with van der Waals surface area (Å²) in [5.74, 6) is 0.780. The SMILES string of the molecule is Cc1cc(C2CC2)ncc1C(=O)N[C@@H]1CC(Cn2ccnc2)C[C@H]1O. The van der Waals surface area contributed by atoms with Gasteiger partial charge in [0.25, 0.3) is 5.91 Å². The lowest BCUT2D eigenvalue weighted by molar-refractivity contribution is 0.0872. The summed E-state index contributed by atoms with van der Waals surface area (Å²) in [7, 11) is 0. The van der Waals surface area contributed by atoms with Crippen molar-refractivity contribution in [3.63, 3.8) is 0 Å². The summed E-state index contributed by atoms with van der Waals surface area (Å²) >= 11 is 0. The molecule has 2 saturated carbocycles. The van der Waals surface area contributed by atoms with Crippen LogP contribution in [0.5, 0.6) is 0 Å². The normalized spacial score (nSPS) is 25.9. The van der Waals surface area contributed by atoms with Gasteiger partial charge in [-0.05, 0) is 50.2 Å². The number of hydrogen-bond acceptors (Lipinski definition) is 4. The molecule has 2 aliphatic rings. The van der Waals surface area contributed by atoms with Gasteiger partial charge in [0.1, 0.15) is 0 Å². The zero-order chi connectivity index (χ0) is 17.4. The number of aryl methyl sites for hydroxylation is 1. The van der Waals surface area contributed by atoms with Gasteiger partial charge in [-0.1, -0.05) is 0 Å². The Labute approximate surface area is 147 Å². The smallest absolute Gasteiger partial charge is 0.253 e. The number of pyridine rings is 1. The van der Waals surface area contributed by atoms with Crippen molar-refractivity contribution < 1.29 is 9.90 Å². The van der Waals surface area contributed by atoms with E-state index in [-0.39, 0.29) is 11.9 Å². The van der Waals surface area contributed by atoms with Gasteiger partial charge in [-0.3, -0.25) is 9.78 Å². The van der Waals surface area contributed by atoms with E-state index in [0.717, 1.165) is 24.2 Å². The summed E-state index contributed by atoms with van der Waals surface area (Å²) in [6.07, 6.45) is 10.5. The van der Waals surface area contributed by atoms with Crippen molar-refractivity contribution in [1.82, 2.24) is 19.9 Å². The number of nitrogens with zero attached hydrogens (tertiary/aromatic N) is 3. The monoisotopic (exact) mass is 340 g/mol. The second kappa shape index (κ2) is 6.59. The van der Waals surface area contributed by atoms with Crippen LogP contribution in [0.1, 0.15) is 53.2 Å². The van der Waals surface area contributed by atoms with E-state index in [1.54, 1.807) is 18.7 Å². The van der Waals surface area contributed by atoms with Crippen LogP contribution >= 0.6 is 0 Å². The number of hydrogen-bond donors (Lipinski definition) is 2. The molecule has 132 valence electrons. The van der Waals surface area contributed by atoms with E-state index < -0.39 is 6.10 Å². The molecule has 6 nitrogen and oxygen atoms in total. The Morgan fingerprint density at radius 3 is 2.92 bits per heavy atom. The number of imidazole rings is 1. The molecule has 0 radical (unpaired) electrons. The van der Waals surface area contributed by atoms with Crippen LogP contribution in [0.4, 0.5) is 0 Å². The molecule has 2 aliphatic carbocycles. The predicted octanol–water partition coefficient (Wildman–Crippen LogP) is 2.03. The number of aliphatic hydroxyl groups excluding tert-OH is 1. The Morgan fingerprint density at radius 2 is 2.24 bits per heavy atom. The highest BCUT2D eigenvalue weighted by Crippen LogP contribution is 2.39. The van der Waals surface area contributed by atoms with Crippen molar-refractivity contribution in [3.05, 3.63) is 47.8 Å². The average Bonchev–Trinajstić information content (AvgIpc) is 3.21. The van der Waals surface area contributed by atoms with Crippen LogP contribution in [0.15, 0.2) is 31.0 Å². The molecule has 0 saturated heterocycles. The maximum absolute atomic E-state index is 12.6. The highest BCUT2D eigenvalue weighted by molar-refractivity contribution is 5.95. The Kier molecular flexibility index (Phi) is 4.29. The number of amides is 1. The molecule has 1 amide bonds. The van der Waals surface area contributed by atoms with Gasteiger partial charge in [0, 0.05) is 36.7 Å². The van der Waals surface area contributed by atoms with Gasteiger partial charge in [-0.2, -0.15) is 0 Å². The molecular weight excluding hydrogens is 316 g/mol. The van der Waals surface area contributed by atoms with E-state index in [2.05, 4.69) is 15.3 Å². The maximum Gasteiger partial charge on any atom is 0.253 e. The van der Waals surface area contributed by atoms with Crippen LogP contribution in [0.3, 0.4) is 0 Å². The minimum atomic E-state index is -0.503. The Bertz CT molecular complexity index is 755. The summed E-state index contributed by atoms with van der Waals surface area (Å²) in [6.45, 7) is 2.77. The third-order valence-corrected chi connectivity index (χ3v) is 5.34. The van der Waals surface area contributed by atoms with Crippen molar-refractivity contribution in [2.45, 2.75) is 57.2 Å². The molecule has 2 heterocycles. The standard InChI is InChI=1S/C19H24N4O2/c1-12-6-16(14-2-3-14)21-9-15(12)19(25)22-17-7-13(8-18(17)24)10-23-5-4-20-11-23/h4-6,9,11,13-14,17-18,24H,2-3,7-8,10H2,1H3,(H,22,25)/t13?,17-,18-/m1/s1. The van der Waals surface area contributed by atoms with Gasteiger partial charge in [0.2, 0.25) is 0 Å². The van der Waals surface area contributed by atoms with E-state index in [1.165, 1.54) is 12.8 Å². The first kappa shape index (κ1) is 16.3. The molecular formula is C19H24N4O2. The molecule has 6 heteroatoms. The summed E-state index contributed by atoms with van der Waals surface area (Å²) < 4.78 is 2.02. The van der Waals surface area contributed by atoms with Crippen molar-refractivity contribution in [2.75, 3.05) is 0 Å². The van der Waals surface area contributed by atoms with Crippen LogP contribution in [-0.2, 0) is 6.54 Å². The molecule has 2 N–H and O–H groups in total. The number of rotatable bonds is 5. The molecule has 2 fully saturated rings. The summed E-state index contributed by atoms with van der Waals surface area (Å²) in [4.78, 5) is 21.1. The average molecular weight is 340 g/mol. The summed E-state index contributed by atoms with van der Waals surface area (Å²) in [5, 5.41) is 13.3. The fraction of sp³-hybridized carbons (Fsp3) is 0.526. The fourth-order valence-corrected chi connectivity index (χ4v) is 3.78. The van der Waals surface area contributed by atoms with E-state index in [0.29, 0.717) is 23.8 Å². The molecule has 0 aliphatic heterocycles. The van der Waals surface area contributed by atoms with Gasteiger partial charge >= 0.3 is 0 Å². The number of carbonyl (C=O) groups is 1. The van der Waals surface area contributed by atoms with Crippen molar-refractivity contribution in [2.24, 2.45) is 5.92 Å². The number of carbonyl (C=O) groups excluding carboxylic acids is 1. The molecule has 4 rings (SSSR count). The number of aromatic nitrogens is 3. The zero-order valence-corrected chi connectivity index (χ0v) is 14.4. The third kappa shape index (κ3) is 3.58. The first-order chi connectivity index (χ1) is 12.1. The maximum atomic E-state index is 12.6.